The lowest BCUT2D eigenvalue weighted by Gasteiger charge is -2.29. The molecule has 0 rings (SSSR count). The lowest BCUT2D eigenvalue weighted by Crippen LogP contribution is -2.53. The first-order chi connectivity index (χ1) is 8.84. The first-order valence-electron chi connectivity index (χ1n) is 6.63. The van der Waals surface area contributed by atoms with Gasteiger partial charge in [0.2, 0.25) is 0 Å². The smallest absolute Gasteiger partial charge is 0.326 e. The van der Waals surface area contributed by atoms with Gasteiger partial charge in [0.15, 0.2) is 0 Å². The minimum atomic E-state index is -1.00. The molecule has 19 heavy (non-hydrogen) atoms. The summed E-state index contributed by atoms with van der Waals surface area (Å²) in [7, 11) is 1.57. The van der Waals surface area contributed by atoms with Crippen molar-refractivity contribution < 1.29 is 19.4 Å². The number of carbonyl (C=O) groups excluding carboxylic acids is 1. The zero-order chi connectivity index (χ0) is 15.0. The Bertz CT molecular complexity index is 294. The van der Waals surface area contributed by atoms with Crippen LogP contribution < -0.4 is 5.32 Å². The molecule has 0 aromatic rings. The van der Waals surface area contributed by atoms with Gasteiger partial charge in [-0.1, -0.05) is 20.3 Å². The van der Waals surface area contributed by atoms with Crippen LogP contribution in [-0.2, 0) is 9.53 Å². The number of carboxylic acid groups (broad SMARTS) is 1. The number of amides is 2. The summed E-state index contributed by atoms with van der Waals surface area (Å²) >= 11 is 0. The van der Waals surface area contributed by atoms with Crippen LogP contribution in [0.4, 0.5) is 4.79 Å². The Labute approximate surface area is 115 Å². The van der Waals surface area contributed by atoms with Crippen LogP contribution in [-0.4, -0.2) is 54.4 Å². The largest absolute Gasteiger partial charge is 0.480 e. The van der Waals surface area contributed by atoms with Gasteiger partial charge in [-0.2, -0.15) is 0 Å². The monoisotopic (exact) mass is 274 g/mol. The predicted molar refractivity (Wildman–Crippen MR) is 73.1 cm³/mol. The van der Waals surface area contributed by atoms with Crippen LogP contribution in [0.25, 0.3) is 0 Å². The van der Waals surface area contributed by atoms with Gasteiger partial charge in [0.25, 0.3) is 0 Å². The molecule has 6 nitrogen and oxygen atoms in total. The van der Waals surface area contributed by atoms with Crippen LogP contribution in [0.15, 0.2) is 0 Å². The second kappa shape index (κ2) is 8.74. The Morgan fingerprint density at radius 2 is 1.89 bits per heavy atom. The molecule has 0 aliphatic heterocycles. The van der Waals surface area contributed by atoms with Gasteiger partial charge in [0.1, 0.15) is 6.04 Å². The molecule has 1 unspecified atom stereocenters. The molecular weight excluding hydrogens is 248 g/mol. The van der Waals surface area contributed by atoms with E-state index in [0.29, 0.717) is 19.6 Å². The number of aliphatic carboxylic acids is 1. The second-order valence-electron chi connectivity index (χ2n) is 4.93. The standard InChI is InChI=1S/C13H26N2O4/c1-6-10(4)11(12(16)17)14-13(18)15(9(2)3)7-8-19-5/h9-11H,6-8H2,1-5H3,(H,14,18)(H,16,17)/t10?,11-/m0/s1. The van der Waals surface area contributed by atoms with Crippen LogP contribution in [0, 0.1) is 5.92 Å². The molecule has 0 saturated carbocycles. The van der Waals surface area contributed by atoms with Gasteiger partial charge in [0.05, 0.1) is 6.61 Å². The predicted octanol–water partition coefficient (Wildman–Crippen LogP) is 1.55. The highest BCUT2D eigenvalue weighted by Crippen LogP contribution is 2.09. The fourth-order valence-corrected chi connectivity index (χ4v) is 1.68. The van der Waals surface area contributed by atoms with Gasteiger partial charge >= 0.3 is 12.0 Å². The Kier molecular flexibility index (Phi) is 8.14. The van der Waals surface area contributed by atoms with E-state index in [1.54, 1.807) is 12.0 Å². The van der Waals surface area contributed by atoms with Crippen molar-refractivity contribution in [2.75, 3.05) is 20.3 Å². The SMILES string of the molecule is CCC(C)[C@H](NC(=O)N(CCOC)C(C)C)C(=O)O. The van der Waals surface area contributed by atoms with Gasteiger partial charge in [0, 0.05) is 19.7 Å². The van der Waals surface area contributed by atoms with E-state index in [0.717, 1.165) is 0 Å². The molecule has 0 bridgehead atoms. The minimum Gasteiger partial charge on any atom is -0.480 e. The lowest BCUT2D eigenvalue weighted by atomic mass is 9.99. The number of nitrogens with one attached hydrogen (secondary N) is 1. The maximum atomic E-state index is 12.1. The summed E-state index contributed by atoms with van der Waals surface area (Å²) in [6, 6.07) is -1.23. The Morgan fingerprint density at radius 3 is 2.26 bits per heavy atom. The lowest BCUT2D eigenvalue weighted by molar-refractivity contribution is -0.140. The molecule has 6 heteroatoms. The number of urea groups is 1. The third-order valence-electron chi connectivity index (χ3n) is 3.18. The van der Waals surface area contributed by atoms with Crippen molar-refractivity contribution in [2.24, 2.45) is 5.92 Å². The molecule has 2 N–H and O–H groups in total. The number of hydrogen-bond acceptors (Lipinski definition) is 3. The molecule has 0 aliphatic carbocycles. The highest BCUT2D eigenvalue weighted by atomic mass is 16.5. The number of carboxylic acids is 1. The molecule has 0 aromatic carbocycles. The number of ether oxygens (including phenoxy) is 1. The third-order valence-corrected chi connectivity index (χ3v) is 3.18. The highest BCUT2D eigenvalue weighted by molar-refractivity contribution is 5.82. The van der Waals surface area contributed by atoms with Crippen molar-refractivity contribution in [1.29, 1.82) is 0 Å². The van der Waals surface area contributed by atoms with Gasteiger partial charge in [-0.3, -0.25) is 0 Å². The summed E-state index contributed by atoms with van der Waals surface area (Å²) in [5.74, 6) is -1.11. The quantitative estimate of drug-likeness (QED) is 0.704. The molecule has 2 amide bonds. The minimum absolute atomic E-state index is 0.0125. The number of carbonyl (C=O) groups is 2. The van der Waals surface area contributed by atoms with Crippen molar-refractivity contribution in [3.8, 4) is 0 Å². The van der Waals surface area contributed by atoms with E-state index in [-0.39, 0.29) is 18.0 Å². The van der Waals surface area contributed by atoms with Crippen molar-refractivity contribution >= 4 is 12.0 Å². The van der Waals surface area contributed by atoms with E-state index in [2.05, 4.69) is 5.32 Å². The topological polar surface area (TPSA) is 78.9 Å². The molecule has 0 radical (unpaired) electrons. The third kappa shape index (κ3) is 5.92. The summed E-state index contributed by atoms with van der Waals surface area (Å²) in [6.45, 7) is 8.34. The number of methoxy groups -OCH3 is 1. The zero-order valence-electron chi connectivity index (χ0n) is 12.5. The fourth-order valence-electron chi connectivity index (χ4n) is 1.68. The summed E-state index contributed by atoms with van der Waals surface area (Å²) in [5.41, 5.74) is 0. The molecular formula is C13H26N2O4. The average molecular weight is 274 g/mol. The molecule has 0 heterocycles. The summed E-state index contributed by atoms with van der Waals surface area (Å²) in [5, 5.41) is 11.8. The van der Waals surface area contributed by atoms with Gasteiger partial charge in [-0.25, -0.2) is 9.59 Å². The van der Waals surface area contributed by atoms with E-state index in [9.17, 15) is 9.59 Å². The van der Waals surface area contributed by atoms with Crippen LogP contribution >= 0.6 is 0 Å². The summed E-state index contributed by atoms with van der Waals surface area (Å²) < 4.78 is 4.96. The van der Waals surface area contributed by atoms with Gasteiger partial charge < -0.3 is 20.1 Å². The highest BCUT2D eigenvalue weighted by Gasteiger charge is 2.28. The van der Waals surface area contributed by atoms with E-state index in [4.69, 9.17) is 9.84 Å². The molecule has 0 aromatic heterocycles. The molecule has 0 spiro atoms. The van der Waals surface area contributed by atoms with E-state index in [1.807, 2.05) is 27.7 Å². The molecule has 112 valence electrons. The molecule has 2 atom stereocenters. The zero-order valence-corrected chi connectivity index (χ0v) is 12.5. The Balaban J connectivity index is 4.71. The molecule has 0 fully saturated rings. The maximum absolute atomic E-state index is 12.1. The summed E-state index contributed by atoms with van der Waals surface area (Å²) in [4.78, 5) is 24.9. The number of rotatable bonds is 8. The Morgan fingerprint density at radius 1 is 1.32 bits per heavy atom. The van der Waals surface area contributed by atoms with Crippen LogP contribution in [0.2, 0.25) is 0 Å². The van der Waals surface area contributed by atoms with Crippen LogP contribution in [0.5, 0.6) is 0 Å². The molecule has 0 saturated heterocycles. The van der Waals surface area contributed by atoms with Gasteiger partial charge in [-0.05, 0) is 19.8 Å². The van der Waals surface area contributed by atoms with Crippen LogP contribution in [0.3, 0.4) is 0 Å². The van der Waals surface area contributed by atoms with Crippen molar-refractivity contribution in [1.82, 2.24) is 10.2 Å². The van der Waals surface area contributed by atoms with Crippen LogP contribution in [0.1, 0.15) is 34.1 Å². The maximum Gasteiger partial charge on any atom is 0.326 e. The van der Waals surface area contributed by atoms with E-state index < -0.39 is 12.0 Å². The molecule has 0 aliphatic rings. The summed E-state index contributed by atoms with van der Waals surface area (Å²) in [6.07, 6.45) is 0.691. The average Bonchev–Trinajstić information content (AvgIpc) is 2.34. The second-order valence-corrected chi connectivity index (χ2v) is 4.93. The van der Waals surface area contributed by atoms with E-state index in [1.165, 1.54) is 0 Å². The first kappa shape index (κ1) is 17.7. The van der Waals surface area contributed by atoms with Gasteiger partial charge in [-0.15, -0.1) is 0 Å². The Hall–Kier alpha value is -1.30. The number of hydrogen-bond donors (Lipinski definition) is 2. The normalized spacial score (nSPS) is 14.0. The van der Waals surface area contributed by atoms with Crippen molar-refractivity contribution in [3.63, 3.8) is 0 Å². The van der Waals surface area contributed by atoms with E-state index >= 15 is 0 Å². The fraction of sp³-hybridized carbons (Fsp3) is 0.846. The number of nitrogens with zero attached hydrogens (tertiary/aromatic N) is 1. The van der Waals surface area contributed by atoms with Crippen molar-refractivity contribution in [3.05, 3.63) is 0 Å². The first-order valence-corrected chi connectivity index (χ1v) is 6.63. The van der Waals surface area contributed by atoms with Crippen molar-refractivity contribution in [2.45, 2.75) is 46.2 Å².